The van der Waals surface area contributed by atoms with Crippen molar-refractivity contribution < 1.29 is 4.79 Å². The lowest BCUT2D eigenvalue weighted by Crippen LogP contribution is -2.34. The Labute approximate surface area is 75.9 Å². The minimum atomic E-state index is 0.101. The Hall–Kier alpha value is -0.530. The maximum atomic E-state index is 11.5. The van der Waals surface area contributed by atoms with Crippen LogP contribution in [0.5, 0.6) is 0 Å². The highest BCUT2D eigenvalue weighted by atomic mass is 16.2. The van der Waals surface area contributed by atoms with Crippen molar-refractivity contribution >= 4 is 5.91 Å². The van der Waals surface area contributed by atoms with Crippen LogP contribution in [-0.2, 0) is 4.79 Å². The molecular formula is C10H20NO. The van der Waals surface area contributed by atoms with Gasteiger partial charge in [-0.05, 0) is 13.3 Å². The van der Waals surface area contributed by atoms with E-state index in [1.165, 1.54) is 0 Å². The van der Waals surface area contributed by atoms with Crippen molar-refractivity contribution in [2.45, 2.75) is 33.6 Å². The molecule has 2 heteroatoms. The molecule has 0 aromatic carbocycles. The Balaban J connectivity index is 3.88. The topological polar surface area (TPSA) is 20.3 Å². The molecule has 0 rings (SSSR count). The van der Waals surface area contributed by atoms with Crippen LogP contribution < -0.4 is 0 Å². The molecule has 12 heavy (non-hydrogen) atoms. The average molecular weight is 170 g/mol. The maximum Gasteiger partial charge on any atom is 0.225 e. The van der Waals surface area contributed by atoms with Gasteiger partial charge in [-0.3, -0.25) is 4.79 Å². The first-order valence-corrected chi connectivity index (χ1v) is 4.71. The van der Waals surface area contributed by atoms with Gasteiger partial charge in [-0.2, -0.15) is 0 Å². The predicted octanol–water partition coefficient (Wildman–Crippen LogP) is 2.11. The molecule has 0 saturated heterocycles. The first-order chi connectivity index (χ1) is 5.63. The highest BCUT2D eigenvalue weighted by Crippen LogP contribution is 2.02. The molecule has 0 fully saturated rings. The van der Waals surface area contributed by atoms with Crippen molar-refractivity contribution in [1.29, 1.82) is 0 Å². The molecule has 2 nitrogen and oxygen atoms in total. The third-order valence-electron chi connectivity index (χ3n) is 1.86. The van der Waals surface area contributed by atoms with E-state index in [1.807, 2.05) is 18.7 Å². The highest BCUT2D eigenvalue weighted by Gasteiger charge is 2.13. The van der Waals surface area contributed by atoms with Crippen LogP contribution in [0.3, 0.4) is 0 Å². The van der Waals surface area contributed by atoms with Crippen LogP contribution in [0, 0.1) is 12.8 Å². The first-order valence-electron chi connectivity index (χ1n) is 4.71. The van der Waals surface area contributed by atoms with Gasteiger partial charge in [0.05, 0.1) is 0 Å². The molecule has 71 valence electrons. The van der Waals surface area contributed by atoms with Crippen LogP contribution >= 0.6 is 0 Å². The molecule has 0 aromatic rings. The number of hydrogen-bond donors (Lipinski definition) is 0. The normalized spacial score (nSPS) is 10.4. The first kappa shape index (κ1) is 11.5. The number of hydrogen-bond acceptors (Lipinski definition) is 1. The molecular weight excluding hydrogens is 150 g/mol. The second kappa shape index (κ2) is 6.04. The van der Waals surface area contributed by atoms with Crippen LogP contribution in [0.1, 0.15) is 33.6 Å². The number of rotatable bonds is 5. The predicted molar refractivity (Wildman–Crippen MR) is 51.7 cm³/mol. The van der Waals surface area contributed by atoms with Gasteiger partial charge in [-0.15, -0.1) is 0 Å². The highest BCUT2D eigenvalue weighted by molar-refractivity contribution is 5.78. The summed E-state index contributed by atoms with van der Waals surface area (Å²) in [5.74, 6) is 0.321. The van der Waals surface area contributed by atoms with E-state index < -0.39 is 0 Å². The Bertz CT molecular complexity index is 132. The Morgan fingerprint density at radius 1 is 1.50 bits per heavy atom. The molecule has 0 saturated carbocycles. The minimum Gasteiger partial charge on any atom is -0.342 e. The quantitative estimate of drug-likeness (QED) is 0.619. The van der Waals surface area contributed by atoms with Crippen molar-refractivity contribution in [3.63, 3.8) is 0 Å². The van der Waals surface area contributed by atoms with E-state index in [-0.39, 0.29) is 11.8 Å². The Morgan fingerprint density at radius 3 is 2.42 bits per heavy atom. The summed E-state index contributed by atoms with van der Waals surface area (Å²) in [4.78, 5) is 13.3. The summed E-state index contributed by atoms with van der Waals surface area (Å²) in [6, 6.07) is 0. The van der Waals surface area contributed by atoms with Gasteiger partial charge >= 0.3 is 0 Å². The summed E-state index contributed by atoms with van der Waals surface area (Å²) in [6.45, 7) is 11.2. The Kier molecular flexibility index (Phi) is 5.77. The molecule has 0 aliphatic rings. The third-order valence-corrected chi connectivity index (χ3v) is 1.86. The molecule has 0 N–H and O–H groups in total. The van der Waals surface area contributed by atoms with Crippen LogP contribution in [0.15, 0.2) is 0 Å². The van der Waals surface area contributed by atoms with Crippen LogP contribution in [-0.4, -0.2) is 23.9 Å². The zero-order chi connectivity index (χ0) is 9.56. The summed E-state index contributed by atoms with van der Waals surface area (Å²) in [5, 5.41) is 0. The van der Waals surface area contributed by atoms with Gasteiger partial charge in [0.2, 0.25) is 5.91 Å². The largest absolute Gasteiger partial charge is 0.342 e. The second-order valence-corrected chi connectivity index (χ2v) is 3.33. The van der Waals surface area contributed by atoms with E-state index in [0.717, 1.165) is 19.4 Å². The molecule has 0 atom stereocenters. The molecule has 0 heterocycles. The second-order valence-electron chi connectivity index (χ2n) is 3.33. The number of nitrogens with zero attached hydrogens (tertiary/aromatic N) is 1. The Morgan fingerprint density at radius 2 is 2.08 bits per heavy atom. The number of carbonyl (C=O) groups excluding carboxylic acids is 1. The van der Waals surface area contributed by atoms with Crippen molar-refractivity contribution in [2.24, 2.45) is 5.92 Å². The van der Waals surface area contributed by atoms with Crippen LogP contribution in [0.25, 0.3) is 0 Å². The minimum absolute atomic E-state index is 0.101. The van der Waals surface area contributed by atoms with Crippen molar-refractivity contribution in [2.75, 3.05) is 13.1 Å². The summed E-state index contributed by atoms with van der Waals surface area (Å²) in [5.41, 5.74) is 0. The molecule has 0 aliphatic carbocycles. The number of amides is 1. The van der Waals surface area contributed by atoms with Crippen LogP contribution in [0.4, 0.5) is 0 Å². The van der Waals surface area contributed by atoms with Gasteiger partial charge in [0, 0.05) is 19.0 Å². The monoisotopic (exact) mass is 170 g/mol. The summed E-state index contributed by atoms with van der Waals surface area (Å²) in [7, 11) is 0. The molecule has 0 aromatic heterocycles. The molecule has 0 spiro atoms. The van der Waals surface area contributed by atoms with Crippen molar-refractivity contribution in [1.82, 2.24) is 4.90 Å². The molecule has 0 unspecified atom stereocenters. The van der Waals surface area contributed by atoms with Gasteiger partial charge in [-0.25, -0.2) is 0 Å². The molecule has 1 radical (unpaired) electrons. The van der Waals surface area contributed by atoms with Gasteiger partial charge in [-0.1, -0.05) is 27.2 Å². The molecule has 0 aliphatic heterocycles. The third kappa shape index (κ3) is 3.74. The summed E-state index contributed by atoms with van der Waals surface area (Å²) < 4.78 is 0. The van der Waals surface area contributed by atoms with E-state index in [1.54, 1.807) is 0 Å². The fraction of sp³-hybridized carbons (Fsp3) is 0.800. The maximum absolute atomic E-state index is 11.5. The lowest BCUT2D eigenvalue weighted by Gasteiger charge is -2.22. The fourth-order valence-electron chi connectivity index (χ4n) is 1.05. The summed E-state index contributed by atoms with van der Waals surface area (Å²) in [6.07, 6.45) is 2.20. The smallest absolute Gasteiger partial charge is 0.225 e. The van der Waals surface area contributed by atoms with Gasteiger partial charge in [0.25, 0.3) is 0 Å². The van der Waals surface area contributed by atoms with E-state index in [4.69, 9.17) is 0 Å². The van der Waals surface area contributed by atoms with Crippen molar-refractivity contribution in [3.05, 3.63) is 6.92 Å². The molecule has 0 bridgehead atoms. The van der Waals surface area contributed by atoms with E-state index in [2.05, 4.69) is 13.8 Å². The SMILES string of the molecule is [CH2]CN(CCCC)C(=O)C(C)C. The van der Waals surface area contributed by atoms with Crippen molar-refractivity contribution in [3.8, 4) is 0 Å². The van der Waals surface area contributed by atoms with Gasteiger partial charge in [0.15, 0.2) is 0 Å². The number of carbonyl (C=O) groups is 1. The lowest BCUT2D eigenvalue weighted by molar-refractivity contribution is -0.134. The number of unbranched alkanes of at least 4 members (excludes halogenated alkanes) is 1. The zero-order valence-electron chi connectivity index (χ0n) is 8.47. The van der Waals surface area contributed by atoms with E-state index in [9.17, 15) is 4.79 Å². The van der Waals surface area contributed by atoms with Gasteiger partial charge in [0.1, 0.15) is 0 Å². The zero-order valence-corrected chi connectivity index (χ0v) is 8.47. The van der Waals surface area contributed by atoms with Gasteiger partial charge < -0.3 is 4.90 Å². The van der Waals surface area contributed by atoms with Crippen LogP contribution in [0.2, 0.25) is 0 Å². The van der Waals surface area contributed by atoms with E-state index in [0.29, 0.717) is 6.54 Å². The van der Waals surface area contributed by atoms with E-state index >= 15 is 0 Å². The fourth-order valence-corrected chi connectivity index (χ4v) is 1.05. The average Bonchev–Trinajstić information content (AvgIpc) is 2.05. The molecule has 1 amide bonds. The summed E-state index contributed by atoms with van der Waals surface area (Å²) >= 11 is 0. The standard InChI is InChI=1S/C10H20NO/c1-5-7-8-11(6-2)10(12)9(3)4/h9H,2,5-8H2,1,3-4H3. The lowest BCUT2D eigenvalue weighted by atomic mass is 10.2.